The van der Waals surface area contributed by atoms with Crippen molar-refractivity contribution >= 4 is 35.0 Å². The third-order valence-corrected chi connectivity index (χ3v) is 13.7. The summed E-state index contributed by atoms with van der Waals surface area (Å²) in [4.78, 5) is 49.2. The number of pyridine rings is 2. The summed E-state index contributed by atoms with van der Waals surface area (Å²) in [6, 6.07) is 19.9. The first-order chi connectivity index (χ1) is 35.7. The normalized spacial score (nSPS) is 13.5. The van der Waals surface area contributed by atoms with Crippen LogP contribution in [0, 0.1) is 12.8 Å². The van der Waals surface area contributed by atoms with Gasteiger partial charge in [-0.1, -0.05) is 103 Å². The molecule has 1 fully saturated rings. The maximum absolute atomic E-state index is 12.9. The molecule has 5 aromatic rings. The van der Waals surface area contributed by atoms with E-state index >= 15 is 0 Å². The number of nitrogen functional groups attached to an aromatic ring is 1. The van der Waals surface area contributed by atoms with Gasteiger partial charge in [-0.15, -0.1) is 0 Å². The summed E-state index contributed by atoms with van der Waals surface area (Å²) in [5, 5.41) is 11.0. The first kappa shape index (κ1) is 63.0. The molecule has 2 aromatic carbocycles. The Morgan fingerprint density at radius 2 is 1.55 bits per heavy atom. The second-order valence-electron chi connectivity index (χ2n) is 19.6. The van der Waals surface area contributed by atoms with Gasteiger partial charge in [-0.3, -0.25) is 23.8 Å². The maximum atomic E-state index is 12.9. The smallest absolute Gasteiger partial charge is 0.330 e. The quantitative estimate of drug-likeness (QED) is 0.0326. The summed E-state index contributed by atoms with van der Waals surface area (Å²) in [6.07, 6.45) is 18.0. The van der Waals surface area contributed by atoms with Gasteiger partial charge in [0.15, 0.2) is 5.78 Å². The Balaban J connectivity index is 0.000000310. The molecule has 74 heavy (non-hydrogen) atoms. The molecule has 0 amide bonds. The molecular weight excluding hydrogens is 925 g/mol. The number of likely N-dealkylation sites (tertiary alicyclic amines) is 1. The lowest BCUT2D eigenvalue weighted by Crippen LogP contribution is -2.35. The second-order valence-corrected chi connectivity index (χ2v) is 19.6. The molecule has 1 unspecified atom stereocenters. The van der Waals surface area contributed by atoms with Gasteiger partial charge in [0, 0.05) is 68.4 Å². The SMILES string of the molecule is CC.CC(=O)c1ccc(C2CCN(C/C(C)=C/c3c(-c4ccc(N)nc4)ccnc3C)CC2)cc1.CCCC(CCC)CN(CCC)CCC.CCc1ccc2c(c1)n(CCOC)c(=O)n2C(CCC=O)N(C)O. The maximum Gasteiger partial charge on any atom is 0.330 e. The van der Waals surface area contributed by atoms with Gasteiger partial charge < -0.3 is 25.4 Å². The molecule has 1 aliphatic rings. The Kier molecular flexibility index (Phi) is 29.2. The van der Waals surface area contributed by atoms with Crippen LogP contribution in [0.25, 0.3) is 28.2 Å². The molecule has 1 saturated heterocycles. The highest BCUT2D eigenvalue weighted by molar-refractivity contribution is 5.94. The number of aldehydes is 1. The number of aryl methyl sites for hydroxylation is 2. The van der Waals surface area contributed by atoms with Crippen LogP contribution in [0.1, 0.15) is 171 Å². The summed E-state index contributed by atoms with van der Waals surface area (Å²) in [5.41, 5.74) is 16.0. The first-order valence-corrected chi connectivity index (χ1v) is 27.7. The largest absolute Gasteiger partial charge is 0.384 e. The molecule has 3 aromatic heterocycles. The molecular formula is C61H94N8O5. The van der Waals surface area contributed by atoms with Crippen molar-refractivity contribution in [2.45, 2.75) is 158 Å². The van der Waals surface area contributed by atoms with Crippen LogP contribution < -0.4 is 11.4 Å². The number of carbonyl (C=O) groups excluding carboxylic acids is 2. The number of anilines is 1. The van der Waals surface area contributed by atoms with Gasteiger partial charge in [0.2, 0.25) is 0 Å². The fourth-order valence-corrected chi connectivity index (χ4v) is 10.0. The minimum atomic E-state index is -0.596. The summed E-state index contributed by atoms with van der Waals surface area (Å²) < 4.78 is 8.32. The molecule has 4 heterocycles. The van der Waals surface area contributed by atoms with E-state index in [2.05, 4.69) is 86.4 Å². The molecule has 3 N–H and O–H groups in total. The van der Waals surface area contributed by atoms with Gasteiger partial charge in [-0.2, -0.15) is 5.06 Å². The van der Waals surface area contributed by atoms with Crippen molar-refractivity contribution in [2.75, 3.05) is 65.8 Å². The van der Waals surface area contributed by atoms with Crippen LogP contribution >= 0.6 is 0 Å². The zero-order chi connectivity index (χ0) is 54.6. The van der Waals surface area contributed by atoms with E-state index in [1.807, 2.05) is 74.8 Å². The van der Waals surface area contributed by atoms with E-state index in [0.717, 1.165) is 101 Å². The molecule has 0 radical (unpaired) electrons. The van der Waals surface area contributed by atoms with Gasteiger partial charge in [-0.05, 0) is 157 Å². The lowest BCUT2D eigenvalue weighted by Gasteiger charge is -2.32. The number of hydrogen-bond donors (Lipinski definition) is 2. The van der Waals surface area contributed by atoms with Crippen LogP contribution in [-0.2, 0) is 22.5 Å². The lowest BCUT2D eigenvalue weighted by molar-refractivity contribution is -0.132. The number of benzene rings is 2. The predicted molar refractivity (Wildman–Crippen MR) is 308 cm³/mol. The molecule has 0 bridgehead atoms. The Morgan fingerprint density at radius 3 is 2.09 bits per heavy atom. The van der Waals surface area contributed by atoms with Crippen LogP contribution in [-0.4, -0.2) is 111 Å². The van der Waals surface area contributed by atoms with E-state index in [1.165, 1.54) is 76.3 Å². The minimum absolute atomic E-state index is 0.123. The summed E-state index contributed by atoms with van der Waals surface area (Å²) >= 11 is 0. The number of ketones is 1. The number of ether oxygens (including phenoxy) is 1. The topological polar surface area (TPSA) is 152 Å². The van der Waals surface area contributed by atoms with E-state index in [1.54, 1.807) is 23.2 Å². The van der Waals surface area contributed by atoms with E-state index in [4.69, 9.17) is 10.5 Å². The van der Waals surface area contributed by atoms with Crippen molar-refractivity contribution < 1.29 is 19.5 Å². The highest BCUT2D eigenvalue weighted by atomic mass is 16.5. The Morgan fingerprint density at radius 1 is 0.892 bits per heavy atom. The van der Waals surface area contributed by atoms with E-state index < -0.39 is 6.17 Å². The number of aromatic nitrogens is 4. The molecule has 0 aliphatic carbocycles. The number of hydroxylamine groups is 2. The number of hydrogen-bond acceptors (Lipinski definition) is 11. The summed E-state index contributed by atoms with van der Waals surface area (Å²) in [5.74, 6) is 2.16. The van der Waals surface area contributed by atoms with E-state index in [-0.39, 0.29) is 17.9 Å². The fourth-order valence-electron chi connectivity index (χ4n) is 10.0. The number of methoxy groups -OCH3 is 1. The number of nitrogens with zero attached hydrogens (tertiary/aromatic N) is 7. The molecule has 0 spiro atoms. The number of carbonyl (C=O) groups is 2. The molecule has 6 rings (SSSR count). The van der Waals surface area contributed by atoms with E-state index in [0.29, 0.717) is 31.3 Å². The van der Waals surface area contributed by atoms with Gasteiger partial charge >= 0.3 is 5.69 Å². The summed E-state index contributed by atoms with van der Waals surface area (Å²) in [6.45, 7) is 29.0. The minimum Gasteiger partial charge on any atom is -0.384 e. The fraction of sp³-hybridized carbons (Fsp3) is 0.557. The standard InChI is InChI=1S/C28H32N4O.C17H25N3O4.C14H31N.C2H6/c1-19(16-27-20(2)30-13-10-26(27)25-8-9-28(29)31-17-25)18-32-14-11-24(12-15-32)23-6-4-22(5-7-23)21(3)33;1-4-13-7-8-14-15(12-13)19(9-11-24-3)17(22)20(14)16(18(2)23)6-5-10-21;1-5-9-14(10-6-2)13-15(11-7-3)12-8-4;1-2/h4-10,13,16-17,24H,11-12,14-15,18H2,1-3H3,(H2,29,31);7-8,10,12,16,23H,4-6,9,11H2,1-3H3;14H,5-13H2,1-4H3;1-2H3/b19-16+;;;. The third-order valence-electron chi connectivity index (χ3n) is 13.7. The van der Waals surface area contributed by atoms with Crippen molar-refractivity contribution in [3.63, 3.8) is 0 Å². The number of Topliss-reactive ketones (excluding diaryl/α,β-unsaturated/α-hetero) is 1. The Labute approximate surface area is 445 Å². The van der Waals surface area contributed by atoms with Crippen LogP contribution in [0.5, 0.6) is 0 Å². The van der Waals surface area contributed by atoms with Gasteiger partial charge in [-0.25, -0.2) is 9.78 Å². The Hall–Kier alpha value is -5.31. The lowest BCUT2D eigenvalue weighted by atomic mass is 9.88. The first-order valence-electron chi connectivity index (χ1n) is 27.7. The molecule has 0 saturated carbocycles. The average Bonchev–Trinajstić information content (AvgIpc) is 3.67. The predicted octanol–water partition coefficient (Wildman–Crippen LogP) is 12.7. The van der Waals surface area contributed by atoms with Crippen LogP contribution in [0.4, 0.5) is 5.82 Å². The number of piperidine rings is 1. The van der Waals surface area contributed by atoms with Crippen molar-refractivity contribution in [3.8, 4) is 11.1 Å². The van der Waals surface area contributed by atoms with Gasteiger partial charge in [0.05, 0.1) is 24.2 Å². The van der Waals surface area contributed by atoms with Gasteiger partial charge in [0.1, 0.15) is 18.3 Å². The average molecular weight is 1020 g/mol. The van der Waals surface area contributed by atoms with Crippen LogP contribution in [0.3, 0.4) is 0 Å². The number of fused-ring (bicyclic) bond motifs is 1. The van der Waals surface area contributed by atoms with Crippen molar-refractivity contribution in [2.24, 2.45) is 5.92 Å². The zero-order valence-electron chi connectivity index (χ0n) is 47.5. The molecule has 1 aliphatic heterocycles. The third kappa shape index (κ3) is 19.4. The van der Waals surface area contributed by atoms with Crippen LogP contribution in [0.15, 0.2) is 83.4 Å². The highest BCUT2D eigenvalue weighted by Gasteiger charge is 2.24. The van der Waals surface area contributed by atoms with Crippen molar-refractivity contribution in [3.05, 3.63) is 117 Å². The number of nitrogens with two attached hydrogens (primary N) is 1. The second kappa shape index (κ2) is 34.3. The monoisotopic (exact) mass is 1020 g/mol. The highest BCUT2D eigenvalue weighted by Crippen LogP contribution is 2.31. The van der Waals surface area contributed by atoms with E-state index in [9.17, 15) is 19.6 Å². The molecule has 13 nitrogen and oxygen atoms in total. The summed E-state index contributed by atoms with van der Waals surface area (Å²) in [7, 11) is 3.08. The van der Waals surface area contributed by atoms with Crippen molar-refractivity contribution in [1.82, 2.24) is 34.0 Å². The zero-order valence-corrected chi connectivity index (χ0v) is 47.5. The molecule has 408 valence electrons. The van der Waals surface area contributed by atoms with Crippen LogP contribution in [0.2, 0.25) is 0 Å². The molecule has 1 atom stereocenters. The molecule has 13 heteroatoms. The number of rotatable bonds is 25. The van der Waals surface area contributed by atoms with Gasteiger partial charge in [0.25, 0.3) is 0 Å². The van der Waals surface area contributed by atoms with Crippen molar-refractivity contribution in [1.29, 1.82) is 0 Å². The number of imidazole rings is 1. The Bertz CT molecular complexity index is 2440.